The molecule has 0 heterocycles. The monoisotopic (exact) mass is 434 g/mol. The first-order valence-electron chi connectivity index (χ1n) is 6.57. The number of hydrogen-bond acceptors (Lipinski definition) is 9. The van der Waals surface area contributed by atoms with E-state index in [4.69, 9.17) is 0 Å². The van der Waals surface area contributed by atoms with Crippen LogP contribution in [0.5, 0.6) is 0 Å². The van der Waals surface area contributed by atoms with Gasteiger partial charge in [0.2, 0.25) is 0 Å². The van der Waals surface area contributed by atoms with Crippen LogP contribution in [0.15, 0.2) is 22.3 Å². The number of nitrogens with zero attached hydrogens (tertiary/aromatic N) is 1. The minimum atomic E-state index is -1.25. The summed E-state index contributed by atoms with van der Waals surface area (Å²) in [5.74, 6) is -4.55. The molecule has 0 fully saturated rings. The van der Waals surface area contributed by atoms with E-state index in [9.17, 15) is 28.9 Å². The predicted molar refractivity (Wildman–Crippen MR) is 87.8 cm³/mol. The molecule has 1 aromatic rings. The maximum Gasteiger partial charge on any atom is 0.354 e. The van der Waals surface area contributed by atoms with Gasteiger partial charge < -0.3 is 19.5 Å². The van der Waals surface area contributed by atoms with E-state index in [-0.39, 0.29) is 4.47 Å². The Balaban J connectivity index is 3.72. The molecule has 0 aromatic heterocycles. The normalized spacial score (nSPS) is 10.7. The number of carbonyl (C=O) groups excluding carboxylic acids is 3. The Morgan fingerprint density at radius 2 is 1.85 bits per heavy atom. The van der Waals surface area contributed by atoms with Crippen molar-refractivity contribution in [1.29, 1.82) is 0 Å². The standard InChI is InChI=1S/C14H12BrFN2O8/c1-24-9(19)5-7(13(20)25-2)17-12-8(18(22)23)4-6(15)11(16)10(12)14(21)26-3/h4-5,17H,1-3H3/b7-5+. The van der Waals surface area contributed by atoms with E-state index in [1.807, 2.05) is 0 Å². The molecule has 26 heavy (non-hydrogen) atoms. The highest BCUT2D eigenvalue weighted by molar-refractivity contribution is 9.10. The second kappa shape index (κ2) is 8.89. The van der Waals surface area contributed by atoms with Crippen molar-refractivity contribution in [3.8, 4) is 0 Å². The third-order valence-electron chi connectivity index (χ3n) is 2.91. The number of nitro benzene ring substituents is 1. The quantitative estimate of drug-likeness (QED) is 0.234. The smallest absolute Gasteiger partial charge is 0.354 e. The Morgan fingerprint density at radius 1 is 1.23 bits per heavy atom. The van der Waals surface area contributed by atoms with Crippen molar-refractivity contribution < 1.29 is 37.9 Å². The summed E-state index contributed by atoms with van der Waals surface area (Å²) in [6.07, 6.45) is 0.622. The molecular formula is C14H12BrFN2O8. The van der Waals surface area contributed by atoms with E-state index >= 15 is 0 Å². The zero-order valence-electron chi connectivity index (χ0n) is 13.6. The molecule has 0 radical (unpaired) electrons. The third kappa shape index (κ3) is 4.53. The zero-order chi connectivity index (χ0) is 20.0. The summed E-state index contributed by atoms with van der Waals surface area (Å²) in [7, 11) is 2.94. The molecule has 0 aliphatic heterocycles. The minimum absolute atomic E-state index is 0.383. The number of carbonyl (C=O) groups is 3. The van der Waals surface area contributed by atoms with Gasteiger partial charge in [-0.05, 0) is 15.9 Å². The summed E-state index contributed by atoms with van der Waals surface area (Å²) in [5, 5.41) is 13.5. The summed E-state index contributed by atoms with van der Waals surface area (Å²) >= 11 is 2.76. The molecule has 1 N–H and O–H groups in total. The Kier molecular flexibility index (Phi) is 7.19. The highest BCUT2D eigenvalue weighted by Crippen LogP contribution is 2.36. The van der Waals surface area contributed by atoms with Gasteiger partial charge in [0.15, 0.2) is 5.82 Å². The van der Waals surface area contributed by atoms with Crippen molar-refractivity contribution in [2.75, 3.05) is 26.6 Å². The summed E-state index contributed by atoms with van der Waals surface area (Å²) in [5.41, 5.74) is -2.95. The zero-order valence-corrected chi connectivity index (χ0v) is 15.2. The number of benzene rings is 1. The molecule has 0 aliphatic rings. The van der Waals surface area contributed by atoms with Gasteiger partial charge in [-0.25, -0.2) is 18.8 Å². The number of esters is 3. The van der Waals surface area contributed by atoms with Gasteiger partial charge in [-0.2, -0.15) is 0 Å². The highest BCUT2D eigenvalue weighted by atomic mass is 79.9. The molecule has 0 saturated heterocycles. The lowest BCUT2D eigenvalue weighted by molar-refractivity contribution is -0.384. The molecule has 1 rings (SSSR count). The lowest BCUT2D eigenvalue weighted by Gasteiger charge is -2.14. The van der Waals surface area contributed by atoms with E-state index in [2.05, 4.69) is 35.5 Å². The van der Waals surface area contributed by atoms with Gasteiger partial charge in [-0.1, -0.05) is 0 Å². The van der Waals surface area contributed by atoms with Crippen LogP contribution >= 0.6 is 15.9 Å². The lowest BCUT2D eigenvalue weighted by atomic mass is 10.1. The topological polar surface area (TPSA) is 134 Å². The molecule has 0 spiro atoms. The number of nitro groups is 1. The largest absolute Gasteiger partial charge is 0.466 e. The van der Waals surface area contributed by atoms with Crippen molar-refractivity contribution in [2.24, 2.45) is 0 Å². The number of anilines is 1. The average molecular weight is 435 g/mol. The average Bonchev–Trinajstić information content (AvgIpc) is 2.62. The Morgan fingerprint density at radius 3 is 2.31 bits per heavy atom. The predicted octanol–water partition coefficient (Wildman–Crippen LogP) is 1.92. The van der Waals surface area contributed by atoms with Crippen molar-refractivity contribution in [2.45, 2.75) is 0 Å². The fourth-order valence-corrected chi connectivity index (χ4v) is 2.16. The first-order valence-corrected chi connectivity index (χ1v) is 7.36. The van der Waals surface area contributed by atoms with Gasteiger partial charge in [0.25, 0.3) is 5.69 Å². The minimum Gasteiger partial charge on any atom is -0.466 e. The molecule has 0 saturated carbocycles. The maximum atomic E-state index is 14.4. The van der Waals surface area contributed by atoms with Crippen LogP contribution < -0.4 is 5.32 Å². The Labute approximate surface area is 154 Å². The maximum absolute atomic E-state index is 14.4. The van der Waals surface area contributed by atoms with Crippen LogP contribution in [0.3, 0.4) is 0 Å². The molecule has 0 aliphatic carbocycles. The van der Waals surface area contributed by atoms with E-state index in [1.54, 1.807) is 0 Å². The van der Waals surface area contributed by atoms with E-state index in [1.165, 1.54) is 0 Å². The molecule has 1 aromatic carbocycles. The van der Waals surface area contributed by atoms with Gasteiger partial charge in [-0.15, -0.1) is 0 Å². The van der Waals surface area contributed by atoms with E-state index in [0.717, 1.165) is 27.4 Å². The number of rotatable bonds is 6. The number of methoxy groups -OCH3 is 3. The SMILES string of the molecule is COC(=O)/C=C(/Nc1c([N+](=O)[O-])cc(Br)c(F)c1C(=O)OC)C(=O)OC. The summed E-state index contributed by atoms with van der Waals surface area (Å²) in [6.45, 7) is 0. The van der Waals surface area contributed by atoms with Gasteiger partial charge in [0.1, 0.15) is 16.9 Å². The molecule has 10 nitrogen and oxygen atoms in total. The van der Waals surface area contributed by atoms with Crippen LogP contribution in [0.25, 0.3) is 0 Å². The molecular weight excluding hydrogens is 423 g/mol. The van der Waals surface area contributed by atoms with Gasteiger partial charge in [0, 0.05) is 6.07 Å². The molecule has 12 heteroatoms. The molecule has 140 valence electrons. The van der Waals surface area contributed by atoms with Crippen molar-refractivity contribution in [3.05, 3.63) is 43.8 Å². The van der Waals surface area contributed by atoms with E-state index < -0.39 is 51.3 Å². The Bertz CT molecular complexity index is 809. The van der Waals surface area contributed by atoms with Gasteiger partial charge >= 0.3 is 17.9 Å². The Hall–Kier alpha value is -3.02. The fraction of sp³-hybridized carbons (Fsp3) is 0.214. The number of ether oxygens (including phenoxy) is 3. The lowest BCUT2D eigenvalue weighted by Crippen LogP contribution is -2.19. The first kappa shape index (κ1) is 21.0. The summed E-state index contributed by atoms with van der Waals surface area (Å²) < 4.78 is 27.2. The number of nitrogens with one attached hydrogen (secondary N) is 1. The second-order valence-corrected chi connectivity index (χ2v) is 5.24. The van der Waals surface area contributed by atoms with Crippen molar-refractivity contribution >= 4 is 45.2 Å². The summed E-state index contributed by atoms with van der Waals surface area (Å²) in [6, 6.07) is 0.775. The second-order valence-electron chi connectivity index (χ2n) is 4.39. The van der Waals surface area contributed by atoms with Gasteiger partial charge in [-0.3, -0.25) is 10.1 Å². The third-order valence-corrected chi connectivity index (χ3v) is 3.49. The van der Waals surface area contributed by atoms with Crippen LogP contribution in [-0.4, -0.2) is 44.2 Å². The van der Waals surface area contributed by atoms with Crippen LogP contribution in [0.4, 0.5) is 15.8 Å². The van der Waals surface area contributed by atoms with Crippen molar-refractivity contribution in [1.82, 2.24) is 0 Å². The van der Waals surface area contributed by atoms with E-state index in [0.29, 0.717) is 6.08 Å². The van der Waals surface area contributed by atoms with Crippen LogP contribution in [0, 0.1) is 15.9 Å². The van der Waals surface area contributed by atoms with Gasteiger partial charge in [0.05, 0.1) is 36.8 Å². The van der Waals surface area contributed by atoms with Crippen molar-refractivity contribution in [3.63, 3.8) is 0 Å². The van der Waals surface area contributed by atoms with Crippen LogP contribution in [0.2, 0.25) is 0 Å². The molecule has 0 unspecified atom stereocenters. The first-order chi connectivity index (χ1) is 12.2. The highest BCUT2D eigenvalue weighted by Gasteiger charge is 2.31. The summed E-state index contributed by atoms with van der Waals surface area (Å²) in [4.78, 5) is 45.5. The van der Waals surface area contributed by atoms with Crippen LogP contribution in [-0.2, 0) is 23.8 Å². The fourth-order valence-electron chi connectivity index (χ4n) is 1.74. The molecule has 0 bridgehead atoms. The molecule has 0 atom stereocenters. The number of halogens is 2. The molecule has 0 amide bonds. The number of hydrogen-bond donors (Lipinski definition) is 1. The van der Waals surface area contributed by atoms with Crippen LogP contribution in [0.1, 0.15) is 10.4 Å².